The Morgan fingerprint density at radius 1 is 1.07 bits per heavy atom. The van der Waals surface area contributed by atoms with E-state index in [1.807, 2.05) is 25.7 Å². The Kier molecular flexibility index (Phi) is 11.5. The van der Waals surface area contributed by atoms with E-state index in [1.165, 1.54) is 26.2 Å². The van der Waals surface area contributed by atoms with Crippen molar-refractivity contribution in [1.82, 2.24) is 4.90 Å². The van der Waals surface area contributed by atoms with Gasteiger partial charge in [-0.3, -0.25) is 15.0 Å². The van der Waals surface area contributed by atoms with Crippen LogP contribution in [0.3, 0.4) is 0 Å². The number of ether oxygens (including phenoxy) is 4. The molecule has 44 heavy (non-hydrogen) atoms. The lowest BCUT2D eigenvalue weighted by Crippen LogP contribution is -2.31. The number of fused-ring (bicyclic) bond motifs is 1. The third-order valence-electron chi connectivity index (χ3n) is 7.86. The molecule has 2 aromatic carbocycles. The van der Waals surface area contributed by atoms with Crippen LogP contribution in [0.1, 0.15) is 73.5 Å². The highest BCUT2D eigenvalue weighted by atomic mass is 35.5. The smallest absolute Gasteiger partial charge is 0.305 e. The van der Waals surface area contributed by atoms with Crippen molar-refractivity contribution < 1.29 is 37.3 Å². The van der Waals surface area contributed by atoms with Crippen LogP contribution in [-0.4, -0.2) is 76.2 Å². The number of unbranched alkanes of at least 4 members (excludes halogenated alkanes) is 1. The van der Waals surface area contributed by atoms with E-state index in [0.717, 1.165) is 5.56 Å². The van der Waals surface area contributed by atoms with E-state index in [1.54, 1.807) is 18.2 Å². The van der Waals surface area contributed by atoms with Crippen LogP contribution < -0.4 is 19.1 Å². The summed E-state index contributed by atoms with van der Waals surface area (Å²) in [6.07, 6.45) is 0.901. The molecule has 0 aliphatic carbocycles. The first-order valence-corrected chi connectivity index (χ1v) is 14.5. The number of halogens is 3. The number of Topliss-reactive ketones (excluding diaryl/α,β-unsaturated/α-hetero) is 1. The number of carbonyl (C=O) groups is 2. The van der Waals surface area contributed by atoms with Crippen LogP contribution >= 0.6 is 12.4 Å². The zero-order valence-electron chi connectivity index (χ0n) is 26.2. The van der Waals surface area contributed by atoms with Crippen molar-refractivity contribution in [2.24, 2.45) is 0 Å². The van der Waals surface area contributed by atoms with Gasteiger partial charge in [-0.25, -0.2) is 8.78 Å². The SMILES string of the molecule is COC(=O)CCCCOc1c(N2CCC(F)C2)cc(C(=O)CN2Cc3cc(OC)c(OC)c(F)c3C2=N)cc1C(C)(C)C.Cl. The van der Waals surface area contributed by atoms with Crippen molar-refractivity contribution in [3.05, 3.63) is 46.3 Å². The molecule has 0 saturated carbocycles. The Morgan fingerprint density at radius 3 is 2.39 bits per heavy atom. The Hall–Kier alpha value is -3.60. The van der Waals surface area contributed by atoms with Gasteiger partial charge in [0, 0.05) is 37.2 Å². The fourth-order valence-corrected chi connectivity index (χ4v) is 5.53. The summed E-state index contributed by atoms with van der Waals surface area (Å²) in [4.78, 5) is 28.7. The first-order valence-electron chi connectivity index (χ1n) is 14.5. The summed E-state index contributed by atoms with van der Waals surface area (Å²) in [6, 6.07) is 5.17. The molecule has 1 fully saturated rings. The van der Waals surface area contributed by atoms with E-state index in [9.17, 15) is 14.0 Å². The highest BCUT2D eigenvalue weighted by Gasteiger charge is 2.34. The highest BCUT2D eigenvalue weighted by molar-refractivity contribution is 6.06. The first-order chi connectivity index (χ1) is 20.4. The number of nitrogens with zero attached hydrogens (tertiary/aromatic N) is 2. The third-order valence-corrected chi connectivity index (χ3v) is 7.86. The summed E-state index contributed by atoms with van der Waals surface area (Å²) >= 11 is 0. The van der Waals surface area contributed by atoms with Gasteiger partial charge < -0.3 is 28.7 Å². The molecule has 2 aliphatic rings. The lowest BCUT2D eigenvalue weighted by Gasteiger charge is -2.30. The van der Waals surface area contributed by atoms with Gasteiger partial charge in [-0.15, -0.1) is 12.4 Å². The number of esters is 1. The summed E-state index contributed by atoms with van der Waals surface area (Å²) in [5.74, 6) is -0.613. The predicted molar refractivity (Wildman–Crippen MR) is 167 cm³/mol. The monoisotopic (exact) mass is 637 g/mol. The van der Waals surface area contributed by atoms with Crippen molar-refractivity contribution in [3.63, 3.8) is 0 Å². The molecule has 0 spiro atoms. The Bertz CT molecular complexity index is 1400. The number of nitrogens with one attached hydrogen (secondary N) is 1. The average Bonchev–Trinajstić information content (AvgIpc) is 3.54. The number of alkyl halides is 1. The minimum Gasteiger partial charge on any atom is -0.493 e. The van der Waals surface area contributed by atoms with Crippen molar-refractivity contribution in [3.8, 4) is 17.2 Å². The minimum atomic E-state index is -0.988. The molecule has 12 heteroatoms. The van der Waals surface area contributed by atoms with Crippen LogP contribution in [0.15, 0.2) is 18.2 Å². The Morgan fingerprint density at radius 2 is 1.80 bits per heavy atom. The van der Waals surface area contributed by atoms with Gasteiger partial charge in [-0.1, -0.05) is 20.8 Å². The number of amidine groups is 1. The first kappa shape index (κ1) is 34.9. The van der Waals surface area contributed by atoms with Crippen LogP contribution in [0.2, 0.25) is 0 Å². The fourth-order valence-electron chi connectivity index (χ4n) is 5.53. The highest BCUT2D eigenvalue weighted by Crippen LogP contribution is 2.43. The molecule has 4 rings (SSSR count). The van der Waals surface area contributed by atoms with Gasteiger partial charge >= 0.3 is 5.97 Å². The molecule has 1 saturated heterocycles. The van der Waals surface area contributed by atoms with E-state index in [-0.39, 0.29) is 66.7 Å². The number of methoxy groups -OCH3 is 3. The van der Waals surface area contributed by atoms with Crippen molar-refractivity contribution in [2.45, 2.75) is 64.6 Å². The molecule has 242 valence electrons. The molecular weight excluding hydrogens is 596 g/mol. The van der Waals surface area contributed by atoms with E-state index < -0.39 is 17.4 Å². The maximum atomic E-state index is 15.3. The topological polar surface area (TPSA) is 101 Å². The van der Waals surface area contributed by atoms with Crippen molar-refractivity contribution >= 4 is 35.7 Å². The summed E-state index contributed by atoms with van der Waals surface area (Å²) in [7, 11) is 4.10. The number of benzene rings is 2. The Labute approximate surface area is 263 Å². The number of hydrogen-bond acceptors (Lipinski definition) is 8. The number of ketones is 1. The molecular formula is C32H42ClF2N3O6. The number of carbonyl (C=O) groups excluding carboxylic acids is 2. The van der Waals surface area contributed by atoms with Crippen LogP contribution in [0.25, 0.3) is 0 Å². The van der Waals surface area contributed by atoms with Crippen molar-refractivity contribution in [2.75, 3.05) is 52.5 Å². The normalized spacial score (nSPS) is 16.0. The van der Waals surface area contributed by atoms with Crippen molar-refractivity contribution in [1.29, 1.82) is 5.41 Å². The molecule has 9 nitrogen and oxygen atoms in total. The second-order valence-electron chi connectivity index (χ2n) is 11.9. The van der Waals surface area contributed by atoms with Gasteiger partial charge in [-0.05, 0) is 48.4 Å². The second-order valence-corrected chi connectivity index (χ2v) is 11.9. The number of anilines is 1. The fraction of sp³-hybridized carbons (Fsp3) is 0.531. The van der Waals surface area contributed by atoms with Gasteiger partial charge in [0.05, 0.1) is 45.7 Å². The van der Waals surface area contributed by atoms with Gasteiger partial charge in [0.25, 0.3) is 0 Å². The zero-order chi connectivity index (χ0) is 31.5. The summed E-state index contributed by atoms with van der Waals surface area (Å²) in [6.45, 7) is 7.08. The molecule has 2 heterocycles. The molecule has 2 aromatic rings. The summed E-state index contributed by atoms with van der Waals surface area (Å²) < 4.78 is 51.1. The quantitative estimate of drug-likeness (QED) is 0.176. The van der Waals surface area contributed by atoms with E-state index in [0.29, 0.717) is 61.4 Å². The van der Waals surface area contributed by atoms with E-state index in [4.69, 9.17) is 24.4 Å². The van der Waals surface area contributed by atoms with Gasteiger partial charge in [0.15, 0.2) is 23.1 Å². The predicted octanol–water partition coefficient (Wildman–Crippen LogP) is 5.86. The molecule has 0 amide bonds. The van der Waals surface area contributed by atoms with E-state index >= 15 is 4.39 Å². The second kappa shape index (κ2) is 14.5. The Balaban J connectivity index is 0.00000529. The molecule has 0 radical (unpaired) electrons. The van der Waals surface area contributed by atoms with Gasteiger partial charge in [-0.2, -0.15) is 0 Å². The van der Waals surface area contributed by atoms with Crippen LogP contribution in [0.4, 0.5) is 14.5 Å². The lowest BCUT2D eigenvalue weighted by atomic mass is 9.84. The standard InChI is InChI=1S/C32H41F2N3O6.ClH/c1-32(2,3)22-13-19(14-23(36-11-10-21(33)17-36)29(22)43-12-8-7-9-26(39)41-5)24(38)18-37-16-20-15-25(40-4)30(42-6)28(34)27(20)31(37)35;/h13-15,21,35H,7-12,16-18H2,1-6H3;1H. The van der Waals surface area contributed by atoms with Crippen LogP contribution in [0, 0.1) is 11.2 Å². The molecule has 1 N–H and O–H groups in total. The van der Waals surface area contributed by atoms with Gasteiger partial charge in [0.1, 0.15) is 17.8 Å². The largest absolute Gasteiger partial charge is 0.493 e. The van der Waals surface area contributed by atoms with Gasteiger partial charge in [0.2, 0.25) is 0 Å². The van der Waals surface area contributed by atoms with Crippen LogP contribution in [0.5, 0.6) is 17.2 Å². The average molecular weight is 638 g/mol. The minimum absolute atomic E-state index is 0. The molecule has 2 aliphatic heterocycles. The summed E-state index contributed by atoms with van der Waals surface area (Å²) in [5.41, 5.74) is 2.04. The van der Waals surface area contributed by atoms with E-state index in [2.05, 4.69) is 0 Å². The van der Waals surface area contributed by atoms with Crippen LogP contribution in [-0.2, 0) is 21.5 Å². The maximum Gasteiger partial charge on any atom is 0.305 e. The molecule has 0 bridgehead atoms. The molecule has 0 aromatic heterocycles. The summed E-state index contributed by atoms with van der Waals surface area (Å²) in [5, 5.41) is 8.65. The third kappa shape index (κ3) is 7.36. The molecule has 1 atom stereocenters. The molecule has 1 unspecified atom stereocenters. The maximum absolute atomic E-state index is 15.3. The zero-order valence-corrected chi connectivity index (χ0v) is 27.0. The number of hydrogen-bond donors (Lipinski definition) is 1. The number of rotatable bonds is 12. The lowest BCUT2D eigenvalue weighted by molar-refractivity contribution is -0.140.